The van der Waals surface area contributed by atoms with Crippen molar-refractivity contribution in [3.05, 3.63) is 96.1 Å². The quantitative estimate of drug-likeness (QED) is 0.428. The fourth-order valence-corrected chi connectivity index (χ4v) is 4.48. The van der Waals surface area contributed by atoms with Gasteiger partial charge in [0.05, 0.1) is 11.9 Å². The van der Waals surface area contributed by atoms with Crippen LogP contribution in [0.25, 0.3) is 0 Å². The number of hydrogen-bond acceptors (Lipinski definition) is 5. The Bertz CT molecular complexity index is 1250. The summed E-state index contributed by atoms with van der Waals surface area (Å²) in [4.78, 5) is 27.1. The van der Waals surface area contributed by atoms with E-state index in [4.69, 9.17) is 4.74 Å². The van der Waals surface area contributed by atoms with Gasteiger partial charge in [0, 0.05) is 13.6 Å². The third-order valence-corrected chi connectivity index (χ3v) is 6.80. The van der Waals surface area contributed by atoms with Crippen molar-refractivity contribution in [2.75, 3.05) is 24.2 Å². The summed E-state index contributed by atoms with van der Waals surface area (Å²) in [5, 5.41) is 2.55. The van der Waals surface area contributed by atoms with Gasteiger partial charge >= 0.3 is 0 Å². The van der Waals surface area contributed by atoms with Crippen LogP contribution in [0.1, 0.15) is 18.1 Å². The minimum Gasteiger partial charge on any atom is -0.489 e. The summed E-state index contributed by atoms with van der Waals surface area (Å²) in [6.45, 7) is 1.71. The van der Waals surface area contributed by atoms with Crippen LogP contribution in [0.4, 0.5) is 5.69 Å². The van der Waals surface area contributed by atoms with E-state index in [-0.39, 0.29) is 12.5 Å². The Hall–Kier alpha value is -3.85. The number of nitrogens with zero attached hydrogens (tertiary/aromatic N) is 2. The Morgan fingerprint density at radius 2 is 1.44 bits per heavy atom. The van der Waals surface area contributed by atoms with Crippen LogP contribution in [-0.2, 0) is 32.8 Å². The molecule has 0 unspecified atom stereocenters. The minimum atomic E-state index is -3.79. The van der Waals surface area contributed by atoms with Gasteiger partial charge in [-0.05, 0) is 42.3 Å². The minimum absolute atomic E-state index is 0.165. The zero-order valence-electron chi connectivity index (χ0n) is 20.6. The van der Waals surface area contributed by atoms with Crippen molar-refractivity contribution in [3.63, 3.8) is 0 Å². The summed E-state index contributed by atoms with van der Waals surface area (Å²) in [6, 6.07) is 24.6. The van der Waals surface area contributed by atoms with Crippen molar-refractivity contribution in [2.45, 2.75) is 26.1 Å². The topological polar surface area (TPSA) is 96.0 Å². The van der Waals surface area contributed by atoms with Crippen LogP contribution < -0.4 is 14.4 Å². The largest absolute Gasteiger partial charge is 0.489 e. The van der Waals surface area contributed by atoms with Crippen molar-refractivity contribution in [3.8, 4) is 5.75 Å². The second-order valence-electron chi connectivity index (χ2n) is 8.34. The van der Waals surface area contributed by atoms with Crippen molar-refractivity contribution in [1.82, 2.24) is 10.2 Å². The second kappa shape index (κ2) is 12.2. The molecule has 0 aliphatic heterocycles. The molecule has 2 amide bonds. The lowest BCUT2D eigenvalue weighted by Crippen LogP contribution is -2.50. The SMILES string of the molecule is CNC(=O)[C@H](C)N(Cc1ccccc1)C(=O)CN(c1ccc(OCc2ccccc2)cc1)S(C)(=O)=O. The lowest BCUT2D eigenvalue weighted by molar-refractivity contribution is -0.139. The molecule has 0 saturated heterocycles. The standard InChI is InChI=1S/C27H31N3O5S/c1-21(27(32)28-2)29(18-22-10-6-4-7-11-22)26(31)19-30(36(3,33)34)24-14-16-25(17-15-24)35-20-23-12-8-5-9-13-23/h4-17,21H,18-20H2,1-3H3,(H,28,32)/t21-/m0/s1. The van der Waals surface area contributed by atoms with E-state index >= 15 is 0 Å². The smallest absolute Gasteiger partial charge is 0.244 e. The zero-order chi connectivity index (χ0) is 26.1. The summed E-state index contributed by atoms with van der Waals surface area (Å²) in [6.07, 6.45) is 1.05. The van der Waals surface area contributed by atoms with E-state index in [9.17, 15) is 18.0 Å². The van der Waals surface area contributed by atoms with Crippen molar-refractivity contribution in [2.24, 2.45) is 0 Å². The first kappa shape index (κ1) is 26.7. The molecular formula is C27H31N3O5S. The molecule has 190 valence electrons. The highest BCUT2D eigenvalue weighted by Gasteiger charge is 2.29. The van der Waals surface area contributed by atoms with Gasteiger partial charge in [-0.1, -0.05) is 60.7 Å². The third kappa shape index (κ3) is 7.32. The predicted octanol–water partition coefficient (Wildman–Crippen LogP) is 3.19. The Kier molecular flexibility index (Phi) is 9.08. The van der Waals surface area contributed by atoms with Gasteiger partial charge in [-0.25, -0.2) is 8.42 Å². The lowest BCUT2D eigenvalue weighted by Gasteiger charge is -2.31. The highest BCUT2D eigenvalue weighted by atomic mass is 32.2. The van der Waals surface area contributed by atoms with Gasteiger partial charge < -0.3 is 15.0 Å². The number of anilines is 1. The first-order valence-corrected chi connectivity index (χ1v) is 13.3. The average Bonchev–Trinajstić information content (AvgIpc) is 2.89. The van der Waals surface area contributed by atoms with Crippen molar-refractivity contribution in [1.29, 1.82) is 0 Å². The van der Waals surface area contributed by atoms with Crippen LogP contribution in [0.2, 0.25) is 0 Å². The molecule has 0 saturated carbocycles. The van der Waals surface area contributed by atoms with Crippen LogP contribution in [0.15, 0.2) is 84.9 Å². The Labute approximate surface area is 212 Å². The van der Waals surface area contributed by atoms with E-state index in [0.29, 0.717) is 18.0 Å². The summed E-state index contributed by atoms with van der Waals surface area (Å²) in [7, 11) is -2.30. The Morgan fingerprint density at radius 1 is 0.889 bits per heavy atom. The van der Waals surface area contributed by atoms with Crippen LogP contribution in [-0.4, -0.2) is 51.0 Å². The first-order valence-electron chi connectivity index (χ1n) is 11.5. The summed E-state index contributed by atoms with van der Waals surface area (Å²) in [5.74, 6) is -0.267. The third-order valence-electron chi connectivity index (χ3n) is 5.66. The predicted molar refractivity (Wildman–Crippen MR) is 140 cm³/mol. The van der Waals surface area contributed by atoms with Gasteiger partial charge in [-0.3, -0.25) is 13.9 Å². The van der Waals surface area contributed by atoms with Gasteiger partial charge in [0.15, 0.2) is 0 Å². The molecule has 0 radical (unpaired) electrons. The Balaban J connectivity index is 1.79. The molecule has 0 aliphatic rings. The van der Waals surface area contributed by atoms with E-state index < -0.39 is 28.5 Å². The number of nitrogens with one attached hydrogen (secondary N) is 1. The maximum atomic E-state index is 13.4. The maximum Gasteiger partial charge on any atom is 0.244 e. The normalized spacial score (nSPS) is 11.9. The molecule has 0 aliphatic carbocycles. The fourth-order valence-electron chi connectivity index (χ4n) is 3.63. The van der Waals surface area contributed by atoms with Crippen LogP contribution in [0.3, 0.4) is 0 Å². The lowest BCUT2D eigenvalue weighted by atomic mass is 10.1. The van der Waals surface area contributed by atoms with Crippen molar-refractivity contribution < 1.29 is 22.7 Å². The molecule has 0 spiro atoms. The highest BCUT2D eigenvalue weighted by Crippen LogP contribution is 2.23. The number of carbonyl (C=O) groups excluding carboxylic acids is 2. The summed E-state index contributed by atoms with van der Waals surface area (Å²) in [5.41, 5.74) is 2.16. The Morgan fingerprint density at radius 3 is 1.97 bits per heavy atom. The van der Waals surface area contributed by atoms with Crippen LogP contribution in [0, 0.1) is 0 Å². The van der Waals surface area contributed by atoms with Gasteiger partial charge in [0.2, 0.25) is 21.8 Å². The van der Waals surface area contributed by atoms with E-state index in [0.717, 1.165) is 21.7 Å². The molecule has 3 rings (SSSR count). The number of rotatable bonds is 11. The van der Waals surface area contributed by atoms with E-state index in [1.54, 1.807) is 31.2 Å². The van der Waals surface area contributed by atoms with E-state index in [1.165, 1.54) is 11.9 Å². The van der Waals surface area contributed by atoms with Gasteiger partial charge in [-0.15, -0.1) is 0 Å². The summed E-state index contributed by atoms with van der Waals surface area (Å²) < 4.78 is 32.1. The number of benzene rings is 3. The molecular weight excluding hydrogens is 478 g/mol. The molecule has 36 heavy (non-hydrogen) atoms. The van der Waals surface area contributed by atoms with Crippen molar-refractivity contribution >= 4 is 27.5 Å². The van der Waals surface area contributed by atoms with Gasteiger partial charge in [0.25, 0.3) is 0 Å². The molecule has 0 heterocycles. The molecule has 1 N–H and O–H groups in total. The first-order chi connectivity index (χ1) is 17.2. The van der Waals surface area contributed by atoms with E-state index in [1.807, 2.05) is 60.7 Å². The molecule has 9 heteroatoms. The molecule has 0 aromatic heterocycles. The molecule has 3 aromatic rings. The fraction of sp³-hybridized carbons (Fsp3) is 0.259. The molecule has 0 fully saturated rings. The number of hydrogen-bond donors (Lipinski definition) is 1. The van der Waals surface area contributed by atoms with Crippen LogP contribution >= 0.6 is 0 Å². The van der Waals surface area contributed by atoms with Crippen LogP contribution in [0.5, 0.6) is 5.75 Å². The molecule has 1 atom stereocenters. The van der Waals surface area contributed by atoms with Gasteiger partial charge in [-0.2, -0.15) is 0 Å². The molecule has 3 aromatic carbocycles. The number of likely N-dealkylation sites (N-methyl/N-ethyl adjacent to an activating group) is 1. The zero-order valence-corrected chi connectivity index (χ0v) is 21.4. The second-order valence-corrected chi connectivity index (χ2v) is 10.2. The van der Waals surface area contributed by atoms with Gasteiger partial charge in [0.1, 0.15) is 24.9 Å². The molecule has 0 bridgehead atoms. The highest BCUT2D eigenvalue weighted by molar-refractivity contribution is 7.92. The monoisotopic (exact) mass is 509 g/mol. The molecule has 8 nitrogen and oxygen atoms in total. The number of sulfonamides is 1. The summed E-state index contributed by atoms with van der Waals surface area (Å²) >= 11 is 0. The number of carbonyl (C=O) groups is 2. The number of amides is 2. The van der Waals surface area contributed by atoms with E-state index in [2.05, 4.69) is 5.32 Å². The average molecular weight is 510 g/mol. The maximum absolute atomic E-state index is 13.4. The number of ether oxygens (including phenoxy) is 1.